The molecule has 2 aromatic carbocycles. The number of carbonyl (C=O) groups excluding carboxylic acids is 1. The lowest BCUT2D eigenvalue weighted by Gasteiger charge is -2.18. The van der Waals surface area contributed by atoms with Gasteiger partial charge in [-0.1, -0.05) is 30.3 Å². The minimum absolute atomic E-state index is 0. The first-order valence-corrected chi connectivity index (χ1v) is 10.4. The first kappa shape index (κ1) is 24.9. The summed E-state index contributed by atoms with van der Waals surface area (Å²) in [6.45, 7) is 4.38. The molecule has 3 rings (SSSR count). The van der Waals surface area contributed by atoms with Crippen molar-refractivity contribution < 1.29 is 14.6 Å². The lowest BCUT2D eigenvalue weighted by atomic mass is 10.0. The molecule has 1 unspecified atom stereocenters. The number of amides is 1. The number of halogens is 1. The Kier molecular flexibility index (Phi) is 10.6. The normalized spacial score (nSPS) is 14.0. The van der Waals surface area contributed by atoms with E-state index >= 15 is 0 Å². The summed E-state index contributed by atoms with van der Waals surface area (Å²) >= 11 is 0. The lowest BCUT2D eigenvalue weighted by molar-refractivity contribution is -0.116. The number of rotatable bonds is 9. The molecule has 2 aromatic rings. The molecular weight excluding hydrogens is 507 g/mol. The quantitative estimate of drug-likeness (QED) is 0.171. The highest BCUT2D eigenvalue weighted by molar-refractivity contribution is 14.0. The number of anilines is 1. The van der Waals surface area contributed by atoms with Crippen molar-refractivity contribution in [1.29, 1.82) is 0 Å². The van der Waals surface area contributed by atoms with Gasteiger partial charge in [-0.3, -0.25) is 9.79 Å². The number of fused-ring (bicyclic) bond motifs is 1. The Morgan fingerprint density at radius 2 is 2.00 bits per heavy atom. The van der Waals surface area contributed by atoms with E-state index in [0.29, 0.717) is 32.1 Å². The van der Waals surface area contributed by atoms with Crippen molar-refractivity contribution in [2.24, 2.45) is 4.99 Å². The van der Waals surface area contributed by atoms with Crippen LogP contribution in [0.4, 0.5) is 5.69 Å². The number of aryl methyl sites for hydroxylation is 1. The van der Waals surface area contributed by atoms with Crippen molar-refractivity contribution in [2.75, 3.05) is 38.2 Å². The SMILES string of the molecule is CCNC(=NCC(CO)c1ccccc1)NCCOc1ccc2c(c1)CCC(=O)N2.I. The van der Waals surface area contributed by atoms with Gasteiger partial charge in [0, 0.05) is 24.6 Å². The lowest BCUT2D eigenvalue weighted by Crippen LogP contribution is -2.39. The molecular formula is C23H31IN4O3. The molecule has 0 aliphatic carbocycles. The zero-order valence-electron chi connectivity index (χ0n) is 17.8. The summed E-state index contributed by atoms with van der Waals surface area (Å²) in [6, 6.07) is 15.7. The first-order chi connectivity index (χ1) is 14.7. The molecule has 8 heteroatoms. The van der Waals surface area contributed by atoms with Crippen LogP contribution in [0.5, 0.6) is 5.75 Å². The van der Waals surface area contributed by atoms with Gasteiger partial charge < -0.3 is 25.8 Å². The summed E-state index contributed by atoms with van der Waals surface area (Å²) in [5, 5.41) is 19.1. The Balaban J connectivity index is 0.00000341. The summed E-state index contributed by atoms with van der Waals surface area (Å²) in [5.41, 5.74) is 3.05. The smallest absolute Gasteiger partial charge is 0.224 e. The van der Waals surface area contributed by atoms with E-state index in [0.717, 1.165) is 35.5 Å². The highest BCUT2D eigenvalue weighted by Gasteiger charge is 2.15. The van der Waals surface area contributed by atoms with Gasteiger partial charge in [0.2, 0.25) is 5.91 Å². The summed E-state index contributed by atoms with van der Waals surface area (Å²) in [5.74, 6) is 1.52. The van der Waals surface area contributed by atoms with Crippen LogP contribution in [-0.2, 0) is 11.2 Å². The number of aliphatic hydroxyl groups excluding tert-OH is 1. The van der Waals surface area contributed by atoms with Crippen molar-refractivity contribution in [2.45, 2.75) is 25.7 Å². The fourth-order valence-electron chi connectivity index (χ4n) is 3.32. The predicted molar refractivity (Wildman–Crippen MR) is 135 cm³/mol. The van der Waals surface area contributed by atoms with Crippen LogP contribution in [0, 0.1) is 0 Å². The van der Waals surface area contributed by atoms with Gasteiger partial charge in [0.1, 0.15) is 12.4 Å². The van der Waals surface area contributed by atoms with Crippen LogP contribution >= 0.6 is 24.0 Å². The van der Waals surface area contributed by atoms with Crippen molar-refractivity contribution in [1.82, 2.24) is 10.6 Å². The van der Waals surface area contributed by atoms with Crippen LogP contribution in [0.3, 0.4) is 0 Å². The molecule has 168 valence electrons. The largest absolute Gasteiger partial charge is 0.492 e. The molecule has 4 N–H and O–H groups in total. The van der Waals surface area contributed by atoms with Gasteiger partial charge in [0.15, 0.2) is 5.96 Å². The second-order valence-corrected chi connectivity index (χ2v) is 7.15. The molecule has 1 aliphatic rings. The van der Waals surface area contributed by atoms with Gasteiger partial charge in [-0.15, -0.1) is 24.0 Å². The molecule has 0 bridgehead atoms. The van der Waals surface area contributed by atoms with E-state index < -0.39 is 0 Å². The van der Waals surface area contributed by atoms with E-state index in [1.807, 2.05) is 55.5 Å². The molecule has 0 aromatic heterocycles. The topological polar surface area (TPSA) is 95.0 Å². The maximum atomic E-state index is 11.5. The number of nitrogens with zero attached hydrogens (tertiary/aromatic N) is 1. The zero-order chi connectivity index (χ0) is 21.2. The number of aliphatic imine (C=N–C) groups is 1. The molecule has 0 radical (unpaired) electrons. The van der Waals surface area contributed by atoms with E-state index in [9.17, 15) is 9.90 Å². The van der Waals surface area contributed by atoms with E-state index in [2.05, 4.69) is 20.9 Å². The summed E-state index contributed by atoms with van der Waals surface area (Å²) in [6.07, 6.45) is 1.25. The average molecular weight is 538 g/mol. The fourth-order valence-corrected chi connectivity index (χ4v) is 3.32. The third-order valence-corrected chi connectivity index (χ3v) is 4.94. The Morgan fingerprint density at radius 1 is 1.19 bits per heavy atom. The van der Waals surface area contributed by atoms with Crippen LogP contribution in [0.15, 0.2) is 53.5 Å². The standard InChI is InChI=1S/C23H30N4O3.HI/c1-2-24-23(26-15-19(16-28)17-6-4-3-5-7-17)25-12-13-30-20-9-10-21-18(14-20)8-11-22(29)27-21;/h3-7,9-10,14,19,28H,2,8,11-13,15-16H2,1H3,(H,27,29)(H2,24,25,26);1H. The predicted octanol–water partition coefficient (Wildman–Crippen LogP) is 2.90. The van der Waals surface area contributed by atoms with Gasteiger partial charge in [-0.2, -0.15) is 0 Å². The fraction of sp³-hybridized carbons (Fsp3) is 0.391. The molecule has 1 atom stereocenters. The van der Waals surface area contributed by atoms with Crippen molar-refractivity contribution >= 4 is 41.5 Å². The minimum atomic E-state index is -0.0334. The highest BCUT2D eigenvalue weighted by Crippen LogP contribution is 2.26. The van der Waals surface area contributed by atoms with E-state index in [4.69, 9.17) is 4.74 Å². The highest BCUT2D eigenvalue weighted by atomic mass is 127. The number of nitrogens with one attached hydrogen (secondary N) is 3. The van der Waals surface area contributed by atoms with Crippen LogP contribution in [-0.4, -0.2) is 49.8 Å². The number of hydrogen-bond donors (Lipinski definition) is 4. The number of hydrogen-bond acceptors (Lipinski definition) is 4. The van der Waals surface area contributed by atoms with Gasteiger partial charge in [0.05, 0.1) is 19.7 Å². The molecule has 31 heavy (non-hydrogen) atoms. The minimum Gasteiger partial charge on any atom is -0.492 e. The van der Waals surface area contributed by atoms with Crippen LogP contribution in [0.25, 0.3) is 0 Å². The van der Waals surface area contributed by atoms with Crippen LogP contribution < -0.4 is 20.7 Å². The molecule has 0 spiro atoms. The maximum Gasteiger partial charge on any atom is 0.224 e. The van der Waals surface area contributed by atoms with Crippen molar-refractivity contribution in [3.05, 3.63) is 59.7 Å². The van der Waals surface area contributed by atoms with Crippen LogP contribution in [0.1, 0.15) is 30.4 Å². The van der Waals surface area contributed by atoms with E-state index in [1.54, 1.807) is 0 Å². The number of aliphatic hydroxyl groups is 1. The first-order valence-electron chi connectivity index (χ1n) is 10.4. The molecule has 1 aliphatic heterocycles. The number of guanidine groups is 1. The molecule has 7 nitrogen and oxygen atoms in total. The molecule has 0 fully saturated rings. The van der Waals surface area contributed by atoms with Gasteiger partial charge in [-0.05, 0) is 42.7 Å². The maximum absolute atomic E-state index is 11.5. The second-order valence-electron chi connectivity index (χ2n) is 7.15. The Bertz CT molecular complexity index is 861. The molecule has 1 heterocycles. The van der Waals surface area contributed by atoms with E-state index in [1.165, 1.54) is 0 Å². The number of benzene rings is 2. The Labute approximate surface area is 200 Å². The monoisotopic (exact) mass is 538 g/mol. The summed E-state index contributed by atoms with van der Waals surface area (Å²) in [7, 11) is 0. The van der Waals surface area contributed by atoms with Gasteiger partial charge in [-0.25, -0.2) is 0 Å². The average Bonchev–Trinajstić information content (AvgIpc) is 2.77. The molecule has 0 saturated carbocycles. The van der Waals surface area contributed by atoms with E-state index in [-0.39, 0.29) is 42.4 Å². The Morgan fingerprint density at radius 3 is 2.74 bits per heavy atom. The van der Waals surface area contributed by atoms with Gasteiger partial charge in [0.25, 0.3) is 0 Å². The number of carbonyl (C=O) groups is 1. The van der Waals surface area contributed by atoms with Gasteiger partial charge >= 0.3 is 0 Å². The summed E-state index contributed by atoms with van der Waals surface area (Å²) in [4.78, 5) is 16.1. The molecule has 0 saturated heterocycles. The third-order valence-electron chi connectivity index (χ3n) is 4.94. The van der Waals surface area contributed by atoms with Crippen molar-refractivity contribution in [3.63, 3.8) is 0 Å². The number of ether oxygens (including phenoxy) is 1. The summed E-state index contributed by atoms with van der Waals surface area (Å²) < 4.78 is 5.85. The van der Waals surface area contributed by atoms with Crippen LogP contribution in [0.2, 0.25) is 0 Å². The second kappa shape index (κ2) is 13.2. The third kappa shape index (κ3) is 7.70. The molecule has 1 amide bonds. The zero-order valence-corrected chi connectivity index (χ0v) is 20.1. The van der Waals surface area contributed by atoms with Crippen molar-refractivity contribution in [3.8, 4) is 5.75 Å². The Hall–Kier alpha value is -2.33.